The van der Waals surface area contributed by atoms with Crippen LogP contribution in [0.4, 0.5) is 0 Å². The molecule has 1 saturated heterocycles. The maximum atomic E-state index is 9.89. The number of aliphatic hydroxyl groups is 2. The van der Waals surface area contributed by atoms with Crippen LogP contribution in [-0.4, -0.2) is 46.5 Å². The normalized spacial score (nSPS) is 49.5. The molecule has 0 aromatic carbocycles. The van der Waals surface area contributed by atoms with Gasteiger partial charge in [-0.25, -0.2) is 0 Å². The van der Waals surface area contributed by atoms with Crippen molar-refractivity contribution in [1.29, 1.82) is 0 Å². The molecule has 0 spiro atoms. The van der Waals surface area contributed by atoms with E-state index in [4.69, 9.17) is 0 Å². The van der Waals surface area contributed by atoms with Gasteiger partial charge >= 0.3 is 0 Å². The Morgan fingerprint density at radius 2 is 1.56 bits per heavy atom. The summed E-state index contributed by atoms with van der Waals surface area (Å²) >= 11 is 0. The minimum atomic E-state index is -0.0519. The first kappa shape index (κ1) is 11.0. The molecule has 3 rings (SSSR count). The second-order valence-electron chi connectivity index (χ2n) is 5.98. The van der Waals surface area contributed by atoms with Crippen LogP contribution in [0.25, 0.3) is 0 Å². The van der Waals surface area contributed by atoms with Crippen LogP contribution in [-0.2, 0) is 0 Å². The van der Waals surface area contributed by atoms with Gasteiger partial charge in [-0.15, -0.1) is 0 Å². The third kappa shape index (κ3) is 1.89. The molecule has 1 heterocycles. The van der Waals surface area contributed by atoms with Crippen LogP contribution in [0.15, 0.2) is 0 Å². The second-order valence-corrected chi connectivity index (χ2v) is 5.98. The van der Waals surface area contributed by atoms with Gasteiger partial charge in [0, 0.05) is 25.0 Å². The maximum Gasteiger partial charge on any atom is 0.0583 e. The summed E-state index contributed by atoms with van der Waals surface area (Å²) in [5, 5.41) is 19.4. The average molecular weight is 225 g/mol. The lowest BCUT2D eigenvalue weighted by atomic mass is 9.92. The van der Waals surface area contributed by atoms with Gasteiger partial charge in [-0.05, 0) is 44.4 Å². The van der Waals surface area contributed by atoms with Gasteiger partial charge in [-0.3, -0.25) is 4.90 Å². The Kier molecular flexibility index (Phi) is 2.94. The Morgan fingerprint density at radius 3 is 2.25 bits per heavy atom. The van der Waals surface area contributed by atoms with Gasteiger partial charge in [-0.1, -0.05) is 0 Å². The highest BCUT2D eigenvalue weighted by atomic mass is 16.3. The maximum absolute atomic E-state index is 9.89. The average Bonchev–Trinajstić information content (AvgIpc) is 2.83. The number of rotatable bonds is 1. The number of nitrogens with zero attached hydrogens (tertiary/aromatic N) is 1. The van der Waals surface area contributed by atoms with Crippen LogP contribution in [0, 0.1) is 11.8 Å². The Morgan fingerprint density at radius 1 is 0.812 bits per heavy atom. The molecular formula is C13H23NO2. The van der Waals surface area contributed by atoms with Crippen molar-refractivity contribution in [2.75, 3.05) is 13.1 Å². The fourth-order valence-electron chi connectivity index (χ4n) is 3.99. The minimum Gasteiger partial charge on any atom is -0.393 e. The van der Waals surface area contributed by atoms with Gasteiger partial charge in [0.25, 0.3) is 0 Å². The minimum absolute atomic E-state index is 0.0378. The SMILES string of the molecule is OC1CCC(N2CC3CCC(O)C3C2)CC1. The molecule has 16 heavy (non-hydrogen) atoms. The fraction of sp³-hybridized carbons (Fsp3) is 1.00. The molecule has 2 aliphatic carbocycles. The van der Waals surface area contributed by atoms with E-state index >= 15 is 0 Å². The molecule has 0 bridgehead atoms. The number of fused-ring (bicyclic) bond motifs is 1. The molecule has 3 atom stereocenters. The lowest BCUT2D eigenvalue weighted by Gasteiger charge is -2.33. The van der Waals surface area contributed by atoms with Gasteiger partial charge in [0.1, 0.15) is 0 Å². The molecule has 3 aliphatic rings. The lowest BCUT2D eigenvalue weighted by Crippen LogP contribution is -2.38. The summed E-state index contributed by atoms with van der Waals surface area (Å²) in [5.74, 6) is 1.30. The van der Waals surface area contributed by atoms with Gasteiger partial charge < -0.3 is 10.2 Å². The third-order valence-electron chi connectivity index (χ3n) is 5.03. The predicted octanol–water partition coefficient (Wildman–Crippen LogP) is 0.993. The van der Waals surface area contributed by atoms with Crippen molar-refractivity contribution in [3.05, 3.63) is 0 Å². The molecule has 0 radical (unpaired) electrons. The zero-order valence-electron chi connectivity index (χ0n) is 9.89. The zero-order chi connectivity index (χ0) is 11.1. The van der Waals surface area contributed by atoms with Gasteiger partial charge in [0.2, 0.25) is 0 Å². The molecule has 0 aromatic heterocycles. The molecule has 1 aliphatic heterocycles. The van der Waals surface area contributed by atoms with E-state index in [9.17, 15) is 10.2 Å². The summed E-state index contributed by atoms with van der Waals surface area (Å²) in [6.07, 6.45) is 6.39. The van der Waals surface area contributed by atoms with E-state index in [1.165, 1.54) is 13.0 Å². The van der Waals surface area contributed by atoms with Crippen LogP contribution in [0.2, 0.25) is 0 Å². The quantitative estimate of drug-likeness (QED) is 0.699. The Balaban J connectivity index is 1.58. The second kappa shape index (κ2) is 4.28. The molecule has 0 aromatic rings. The highest BCUT2D eigenvalue weighted by molar-refractivity contribution is 4.96. The van der Waals surface area contributed by atoms with Crippen molar-refractivity contribution < 1.29 is 10.2 Å². The summed E-state index contributed by atoms with van der Waals surface area (Å²) < 4.78 is 0. The highest BCUT2D eigenvalue weighted by Crippen LogP contribution is 2.40. The van der Waals surface area contributed by atoms with Crippen LogP contribution < -0.4 is 0 Å². The number of likely N-dealkylation sites (tertiary alicyclic amines) is 1. The molecule has 3 heteroatoms. The molecule has 3 fully saturated rings. The Hall–Kier alpha value is -0.120. The highest BCUT2D eigenvalue weighted by Gasteiger charge is 2.43. The first-order valence-corrected chi connectivity index (χ1v) is 6.84. The van der Waals surface area contributed by atoms with Crippen LogP contribution in [0.3, 0.4) is 0 Å². The molecule has 0 amide bonds. The molecule has 3 nitrogen and oxygen atoms in total. The van der Waals surface area contributed by atoms with E-state index in [1.54, 1.807) is 0 Å². The van der Waals surface area contributed by atoms with Crippen molar-refractivity contribution in [3.63, 3.8) is 0 Å². The van der Waals surface area contributed by atoms with E-state index < -0.39 is 0 Å². The Labute approximate surface area is 97.4 Å². The smallest absolute Gasteiger partial charge is 0.0583 e. The predicted molar refractivity (Wildman–Crippen MR) is 62.1 cm³/mol. The number of hydrogen-bond acceptors (Lipinski definition) is 3. The van der Waals surface area contributed by atoms with Crippen LogP contribution in [0.5, 0.6) is 0 Å². The molecule has 3 unspecified atom stereocenters. The van der Waals surface area contributed by atoms with Crippen molar-refractivity contribution in [2.24, 2.45) is 11.8 Å². The van der Waals surface area contributed by atoms with Gasteiger partial charge in [0.15, 0.2) is 0 Å². The summed E-state index contributed by atoms with van der Waals surface area (Å²) in [7, 11) is 0. The lowest BCUT2D eigenvalue weighted by molar-refractivity contribution is 0.0724. The van der Waals surface area contributed by atoms with Gasteiger partial charge in [0.05, 0.1) is 12.2 Å². The van der Waals surface area contributed by atoms with Crippen molar-refractivity contribution in [1.82, 2.24) is 4.90 Å². The van der Waals surface area contributed by atoms with Crippen molar-refractivity contribution in [3.8, 4) is 0 Å². The van der Waals surface area contributed by atoms with Crippen molar-refractivity contribution in [2.45, 2.75) is 56.8 Å². The van der Waals surface area contributed by atoms with E-state index in [1.807, 2.05) is 0 Å². The third-order valence-corrected chi connectivity index (χ3v) is 5.03. The largest absolute Gasteiger partial charge is 0.393 e. The fourth-order valence-corrected chi connectivity index (χ4v) is 3.99. The van der Waals surface area contributed by atoms with E-state index in [2.05, 4.69) is 4.90 Å². The Bertz CT molecular complexity index is 250. The summed E-state index contributed by atoms with van der Waals surface area (Å²) in [4.78, 5) is 2.59. The van der Waals surface area contributed by atoms with E-state index in [-0.39, 0.29) is 12.2 Å². The zero-order valence-corrected chi connectivity index (χ0v) is 9.89. The molecule has 92 valence electrons. The van der Waals surface area contributed by atoms with E-state index in [0.29, 0.717) is 12.0 Å². The monoisotopic (exact) mass is 225 g/mol. The summed E-state index contributed by atoms with van der Waals surface area (Å²) in [5.41, 5.74) is 0. The molecule has 2 saturated carbocycles. The van der Waals surface area contributed by atoms with Crippen LogP contribution >= 0.6 is 0 Å². The molecular weight excluding hydrogens is 202 g/mol. The van der Waals surface area contributed by atoms with E-state index in [0.717, 1.165) is 44.6 Å². The van der Waals surface area contributed by atoms with Gasteiger partial charge in [-0.2, -0.15) is 0 Å². The number of hydrogen-bond donors (Lipinski definition) is 2. The standard InChI is InChI=1S/C13H23NO2/c15-11-4-2-10(3-5-11)14-7-9-1-6-13(16)12(9)8-14/h9-13,15-16H,1-8H2. The molecule has 2 N–H and O–H groups in total. The van der Waals surface area contributed by atoms with Crippen LogP contribution in [0.1, 0.15) is 38.5 Å². The first-order valence-electron chi connectivity index (χ1n) is 6.84. The number of aliphatic hydroxyl groups excluding tert-OH is 2. The summed E-state index contributed by atoms with van der Waals surface area (Å²) in [6, 6.07) is 0.682. The summed E-state index contributed by atoms with van der Waals surface area (Å²) in [6.45, 7) is 2.30. The first-order chi connectivity index (χ1) is 7.74. The van der Waals surface area contributed by atoms with Crippen molar-refractivity contribution >= 4 is 0 Å². The topological polar surface area (TPSA) is 43.7 Å².